The fraction of sp³-hybridized carbons (Fsp3) is 0.385. The lowest BCUT2D eigenvalue weighted by atomic mass is 10.2. The van der Waals surface area contributed by atoms with Gasteiger partial charge in [-0.25, -0.2) is 4.39 Å². The van der Waals surface area contributed by atoms with Crippen LogP contribution in [0.25, 0.3) is 0 Å². The van der Waals surface area contributed by atoms with Crippen LogP contribution in [-0.4, -0.2) is 38.9 Å². The van der Waals surface area contributed by atoms with Crippen molar-refractivity contribution in [3.8, 4) is 0 Å². The Hall–Kier alpha value is -1.74. The first-order chi connectivity index (χ1) is 10.5. The number of nitrogens with zero attached hydrogens (tertiary/aromatic N) is 2. The van der Waals surface area contributed by atoms with Crippen LogP contribution in [0.4, 0.5) is 15.8 Å². The molecule has 0 aliphatic carbocycles. The normalized spacial score (nSPS) is 14.0. The van der Waals surface area contributed by atoms with E-state index in [2.05, 4.69) is 5.32 Å². The molecule has 1 aliphatic heterocycles. The molecule has 22 heavy (non-hydrogen) atoms. The third kappa shape index (κ3) is 4.38. The number of likely N-dealkylation sites (tertiary alicyclic amines) is 1. The van der Waals surface area contributed by atoms with Crippen molar-refractivity contribution < 1.29 is 14.1 Å². The Morgan fingerprint density at radius 2 is 2.14 bits per heavy atom. The molecule has 0 radical (unpaired) electrons. The molecule has 1 amide bonds. The van der Waals surface area contributed by atoms with Gasteiger partial charge in [-0.1, -0.05) is 24.0 Å². The van der Waals surface area contributed by atoms with Crippen molar-refractivity contribution in [2.75, 3.05) is 24.2 Å². The van der Waals surface area contributed by atoms with Gasteiger partial charge in [0.05, 0.1) is 16.4 Å². The molecule has 0 aromatic heterocycles. The number of carbonyl (C=O) groups excluding carboxylic acids is 1. The van der Waals surface area contributed by atoms with Crippen molar-refractivity contribution in [3.63, 3.8) is 0 Å². The summed E-state index contributed by atoms with van der Waals surface area (Å²) in [6.07, 6.45) is 2.18. The third-order valence-electron chi connectivity index (χ3n) is 3.13. The molecule has 6 nitrogen and oxygen atoms in total. The number of thioether (sulfide) groups is 1. The average Bonchev–Trinajstić information content (AvgIpc) is 3.01. The summed E-state index contributed by atoms with van der Waals surface area (Å²) in [5, 5.41) is 13.0. The maximum atomic E-state index is 13.6. The van der Waals surface area contributed by atoms with Crippen LogP contribution in [0.3, 0.4) is 0 Å². The Kier molecular flexibility index (Phi) is 5.67. The van der Waals surface area contributed by atoms with Crippen molar-refractivity contribution >= 4 is 45.6 Å². The van der Waals surface area contributed by atoms with Gasteiger partial charge in [-0.2, -0.15) is 0 Å². The summed E-state index contributed by atoms with van der Waals surface area (Å²) < 4.78 is 14.2. The van der Waals surface area contributed by atoms with Gasteiger partial charge in [0.15, 0.2) is 0 Å². The third-order valence-corrected chi connectivity index (χ3v) is 4.65. The summed E-state index contributed by atoms with van der Waals surface area (Å²) in [7, 11) is 0. The number of halogens is 1. The van der Waals surface area contributed by atoms with Gasteiger partial charge >= 0.3 is 0 Å². The highest BCUT2D eigenvalue weighted by atomic mass is 32.2. The number of amides is 1. The highest BCUT2D eigenvalue weighted by Crippen LogP contribution is 2.22. The number of hydrogen-bond acceptors (Lipinski definition) is 5. The average molecular weight is 343 g/mol. The van der Waals surface area contributed by atoms with E-state index in [9.17, 15) is 19.3 Å². The van der Waals surface area contributed by atoms with E-state index in [1.54, 1.807) is 0 Å². The minimum atomic E-state index is -0.717. The molecule has 0 atom stereocenters. The smallest absolute Gasteiger partial charge is 0.271 e. The molecule has 1 fully saturated rings. The van der Waals surface area contributed by atoms with Gasteiger partial charge in [-0.05, 0) is 18.9 Å². The SMILES string of the molecule is O=C(CSC(=S)N1CCCC1)Nc1cc([N+](=O)[O-])ccc1F. The van der Waals surface area contributed by atoms with E-state index >= 15 is 0 Å². The first kappa shape index (κ1) is 16.6. The Morgan fingerprint density at radius 1 is 1.45 bits per heavy atom. The molecule has 2 rings (SSSR count). The van der Waals surface area contributed by atoms with Crippen molar-refractivity contribution in [1.82, 2.24) is 4.90 Å². The molecule has 1 N–H and O–H groups in total. The van der Waals surface area contributed by atoms with Gasteiger partial charge < -0.3 is 10.2 Å². The molecule has 118 valence electrons. The molecule has 1 aliphatic rings. The summed E-state index contributed by atoms with van der Waals surface area (Å²) in [6.45, 7) is 1.79. The molecule has 0 saturated carbocycles. The van der Waals surface area contributed by atoms with Crippen LogP contribution >= 0.6 is 24.0 Å². The van der Waals surface area contributed by atoms with Crippen LogP contribution in [0.1, 0.15) is 12.8 Å². The van der Waals surface area contributed by atoms with Gasteiger partial charge in [-0.3, -0.25) is 14.9 Å². The summed E-state index contributed by atoms with van der Waals surface area (Å²) in [5.41, 5.74) is -0.483. The van der Waals surface area contributed by atoms with Crippen LogP contribution in [0.5, 0.6) is 0 Å². The molecule has 1 heterocycles. The molecule has 1 saturated heterocycles. The molecular formula is C13H14FN3O3S2. The number of rotatable bonds is 4. The van der Waals surface area contributed by atoms with Crippen molar-refractivity contribution in [2.24, 2.45) is 0 Å². The molecular weight excluding hydrogens is 329 g/mol. The topological polar surface area (TPSA) is 75.5 Å². The Morgan fingerprint density at radius 3 is 2.77 bits per heavy atom. The minimum Gasteiger partial charge on any atom is -0.358 e. The quantitative estimate of drug-likeness (QED) is 0.515. The zero-order valence-electron chi connectivity index (χ0n) is 11.6. The van der Waals surface area contributed by atoms with Gasteiger partial charge in [0.25, 0.3) is 5.69 Å². The minimum absolute atomic E-state index is 0.0392. The first-order valence-electron chi connectivity index (χ1n) is 6.63. The van der Waals surface area contributed by atoms with E-state index in [0.29, 0.717) is 4.32 Å². The number of benzene rings is 1. The van der Waals surface area contributed by atoms with Crippen LogP contribution < -0.4 is 5.32 Å². The van der Waals surface area contributed by atoms with E-state index in [4.69, 9.17) is 12.2 Å². The van der Waals surface area contributed by atoms with Crippen LogP contribution in [0, 0.1) is 15.9 Å². The standard InChI is InChI=1S/C13H14FN3O3S2/c14-10-4-3-9(17(19)20)7-11(10)15-12(18)8-22-13(21)16-5-1-2-6-16/h3-4,7H,1-2,5-6,8H2,(H,15,18). The van der Waals surface area contributed by atoms with Crippen LogP contribution in [-0.2, 0) is 4.79 Å². The first-order valence-corrected chi connectivity index (χ1v) is 8.02. The Labute approximate surface area is 136 Å². The second kappa shape index (κ2) is 7.50. The Balaban J connectivity index is 1.90. The van der Waals surface area contributed by atoms with Crippen LogP contribution in [0.2, 0.25) is 0 Å². The monoisotopic (exact) mass is 343 g/mol. The number of nitrogens with one attached hydrogen (secondary N) is 1. The van der Waals surface area contributed by atoms with Gasteiger partial charge in [0.2, 0.25) is 5.91 Å². The number of nitro benzene ring substituents is 1. The fourth-order valence-electron chi connectivity index (χ4n) is 2.03. The fourth-order valence-corrected chi connectivity index (χ4v) is 3.08. The number of thiocarbonyl (C=S) groups is 1. The molecule has 0 bridgehead atoms. The van der Waals surface area contributed by atoms with E-state index in [1.165, 1.54) is 11.8 Å². The van der Waals surface area contributed by atoms with Crippen molar-refractivity contribution in [3.05, 3.63) is 34.1 Å². The lowest BCUT2D eigenvalue weighted by molar-refractivity contribution is -0.384. The van der Waals surface area contributed by atoms with Gasteiger partial charge in [0, 0.05) is 25.2 Å². The Bertz CT molecular complexity index is 606. The second-order valence-electron chi connectivity index (χ2n) is 4.72. The molecule has 0 unspecified atom stereocenters. The van der Waals surface area contributed by atoms with E-state index in [1.807, 2.05) is 4.90 Å². The van der Waals surface area contributed by atoms with Gasteiger partial charge in [-0.15, -0.1) is 0 Å². The summed E-state index contributed by atoms with van der Waals surface area (Å²) in [4.78, 5) is 23.9. The van der Waals surface area contributed by atoms with Gasteiger partial charge in [0.1, 0.15) is 10.1 Å². The lowest BCUT2D eigenvalue weighted by Gasteiger charge is -2.17. The number of nitro groups is 1. The van der Waals surface area contributed by atoms with Crippen molar-refractivity contribution in [2.45, 2.75) is 12.8 Å². The maximum Gasteiger partial charge on any atom is 0.271 e. The predicted octanol–water partition coefficient (Wildman–Crippen LogP) is 2.79. The summed E-state index contributed by atoms with van der Waals surface area (Å²) in [6, 6.07) is 2.99. The molecule has 1 aromatic carbocycles. The zero-order chi connectivity index (χ0) is 16.1. The number of anilines is 1. The second-order valence-corrected chi connectivity index (χ2v) is 6.33. The van der Waals surface area contributed by atoms with E-state index in [0.717, 1.165) is 44.1 Å². The number of non-ortho nitro benzene ring substituents is 1. The molecule has 1 aromatic rings. The lowest BCUT2D eigenvalue weighted by Crippen LogP contribution is -2.25. The van der Waals surface area contributed by atoms with Crippen molar-refractivity contribution in [1.29, 1.82) is 0 Å². The van der Waals surface area contributed by atoms with E-state index in [-0.39, 0.29) is 17.1 Å². The highest BCUT2D eigenvalue weighted by Gasteiger charge is 2.17. The highest BCUT2D eigenvalue weighted by molar-refractivity contribution is 8.23. The van der Waals surface area contributed by atoms with Crippen LogP contribution in [0.15, 0.2) is 18.2 Å². The number of carbonyl (C=O) groups is 1. The summed E-state index contributed by atoms with van der Waals surface area (Å²) in [5.74, 6) is -1.13. The largest absolute Gasteiger partial charge is 0.358 e. The summed E-state index contributed by atoms with van der Waals surface area (Å²) >= 11 is 6.43. The number of hydrogen-bond donors (Lipinski definition) is 1. The zero-order valence-corrected chi connectivity index (χ0v) is 13.2. The molecule has 9 heteroatoms. The maximum absolute atomic E-state index is 13.6. The van der Waals surface area contributed by atoms with E-state index < -0.39 is 16.6 Å². The predicted molar refractivity (Wildman–Crippen MR) is 87.5 cm³/mol. The molecule has 0 spiro atoms.